The largest absolute Gasteiger partial charge is 0.466 e. The molecule has 1 aromatic rings. The van der Waals surface area contributed by atoms with E-state index in [4.69, 9.17) is 0 Å². The highest BCUT2D eigenvalue weighted by Gasteiger charge is 2.38. The van der Waals surface area contributed by atoms with Gasteiger partial charge < -0.3 is 4.74 Å². The third-order valence-corrected chi connectivity index (χ3v) is 3.00. The number of hydrogen-bond acceptors (Lipinski definition) is 3. The van der Waals surface area contributed by atoms with E-state index in [2.05, 4.69) is 25.7 Å². The molecule has 0 saturated heterocycles. The van der Waals surface area contributed by atoms with Gasteiger partial charge in [-0.2, -0.15) is 13.2 Å². The van der Waals surface area contributed by atoms with Crippen molar-refractivity contribution in [2.45, 2.75) is 25.9 Å². The average molecular weight is 362 g/mol. The van der Waals surface area contributed by atoms with E-state index in [1.54, 1.807) is 0 Å². The van der Waals surface area contributed by atoms with Gasteiger partial charge in [0.1, 0.15) is 4.60 Å². The molecule has 0 N–H and O–H groups in total. The number of pyridine rings is 1. The third kappa shape index (κ3) is 3.87. The van der Waals surface area contributed by atoms with Gasteiger partial charge in [0.2, 0.25) is 0 Å². The van der Waals surface area contributed by atoms with E-state index in [0.29, 0.717) is 6.20 Å². The Kier molecular flexibility index (Phi) is 5.43. The summed E-state index contributed by atoms with van der Waals surface area (Å²) >= 11 is 2.78. The molecular formula is C11H9BrF5NO2. The Bertz CT molecular complexity index is 504. The smallest absolute Gasteiger partial charge is 0.418 e. The summed E-state index contributed by atoms with van der Waals surface area (Å²) in [7, 11) is 0. The van der Waals surface area contributed by atoms with Gasteiger partial charge in [0.15, 0.2) is 0 Å². The molecule has 0 bridgehead atoms. The molecule has 0 fully saturated rings. The number of alkyl halides is 5. The lowest BCUT2D eigenvalue weighted by molar-refractivity contribution is -0.143. The Morgan fingerprint density at radius 2 is 2.05 bits per heavy atom. The standard InChI is InChI=1S/C11H9BrF5NO2/c1-2-20-7(19)3-5-8(10(13)14)6(11(15,16)17)4-18-9(5)12/h4,10H,2-3H2,1H3. The lowest BCUT2D eigenvalue weighted by Crippen LogP contribution is -2.16. The van der Waals surface area contributed by atoms with Gasteiger partial charge in [0.25, 0.3) is 6.43 Å². The molecule has 3 nitrogen and oxygen atoms in total. The molecule has 0 amide bonds. The van der Waals surface area contributed by atoms with Crippen molar-refractivity contribution in [3.63, 3.8) is 0 Å². The van der Waals surface area contributed by atoms with E-state index in [-0.39, 0.29) is 11.2 Å². The van der Waals surface area contributed by atoms with E-state index < -0.39 is 41.7 Å². The predicted molar refractivity (Wildman–Crippen MR) is 62.2 cm³/mol. The molecule has 0 aliphatic heterocycles. The van der Waals surface area contributed by atoms with Crippen molar-refractivity contribution in [1.29, 1.82) is 0 Å². The molecule has 0 aliphatic carbocycles. The number of hydrogen-bond donors (Lipinski definition) is 0. The van der Waals surface area contributed by atoms with Gasteiger partial charge in [-0.1, -0.05) is 0 Å². The van der Waals surface area contributed by atoms with E-state index in [1.807, 2.05) is 0 Å². The molecule has 20 heavy (non-hydrogen) atoms. The lowest BCUT2D eigenvalue weighted by Gasteiger charge is -2.16. The van der Waals surface area contributed by atoms with Gasteiger partial charge in [-0.25, -0.2) is 13.8 Å². The number of rotatable bonds is 4. The van der Waals surface area contributed by atoms with Gasteiger partial charge in [0.05, 0.1) is 18.6 Å². The van der Waals surface area contributed by atoms with Crippen LogP contribution in [0.4, 0.5) is 22.0 Å². The van der Waals surface area contributed by atoms with Crippen LogP contribution in [-0.4, -0.2) is 17.6 Å². The van der Waals surface area contributed by atoms with E-state index in [1.165, 1.54) is 6.92 Å². The fourth-order valence-electron chi connectivity index (χ4n) is 1.54. The first kappa shape index (κ1) is 16.8. The van der Waals surface area contributed by atoms with Crippen molar-refractivity contribution < 1.29 is 31.5 Å². The van der Waals surface area contributed by atoms with Crippen molar-refractivity contribution in [2.24, 2.45) is 0 Å². The number of ether oxygens (including phenoxy) is 1. The van der Waals surface area contributed by atoms with Crippen molar-refractivity contribution in [3.05, 3.63) is 27.5 Å². The monoisotopic (exact) mass is 361 g/mol. The van der Waals surface area contributed by atoms with Gasteiger partial charge in [0, 0.05) is 17.3 Å². The molecule has 0 radical (unpaired) electrons. The lowest BCUT2D eigenvalue weighted by atomic mass is 10.0. The van der Waals surface area contributed by atoms with Crippen LogP contribution in [0.5, 0.6) is 0 Å². The topological polar surface area (TPSA) is 39.2 Å². The van der Waals surface area contributed by atoms with Crippen LogP contribution in [0.15, 0.2) is 10.8 Å². The van der Waals surface area contributed by atoms with Crippen LogP contribution in [0.2, 0.25) is 0 Å². The molecule has 1 aromatic heterocycles. The minimum absolute atomic E-state index is 0.00709. The zero-order valence-corrected chi connectivity index (χ0v) is 11.7. The van der Waals surface area contributed by atoms with Crippen LogP contribution in [-0.2, 0) is 22.1 Å². The van der Waals surface area contributed by atoms with Crippen LogP contribution >= 0.6 is 15.9 Å². The molecule has 0 atom stereocenters. The van der Waals surface area contributed by atoms with Gasteiger partial charge in [-0.05, 0) is 22.9 Å². The second-order valence-electron chi connectivity index (χ2n) is 3.64. The highest BCUT2D eigenvalue weighted by molar-refractivity contribution is 9.10. The first-order valence-electron chi connectivity index (χ1n) is 5.36. The second-order valence-corrected chi connectivity index (χ2v) is 4.39. The zero-order valence-electron chi connectivity index (χ0n) is 10.1. The average Bonchev–Trinajstić information content (AvgIpc) is 2.29. The summed E-state index contributed by atoms with van der Waals surface area (Å²) in [5.74, 6) is -0.906. The predicted octanol–water partition coefficient (Wildman–Crippen LogP) is 3.91. The molecule has 1 heterocycles. The summed E-state index contributed by atoms with van der Waals surface area (Å²) in [6.07, 6.45) is -8.79. The number of aromatic nitrogens is 1. The Morgan fingerprint density at radius 1 is 1.45 bits per heavy atom. The summed E-state index contributed by atoms with van der Waals surface area (Å²) in [5, 5.41) is 0. The van der Waals surface area contributed by atoms with Crippen LogP contribution in [0, 0.1) is 0 Å². The van der Waals surface area contributed by atoms with Crippen LogP contribution < -0.4 is 0 Å². The normalized spacial score (nSPS) is 11.8. The Morgan fingerprint density at radius 3 is 2.50 bits per heavy atom. The minimum atomic E-state index is -4.98. The summed E-state index contributed by atoms with van der Waals surface area (Å²) in [4.78, 5) is 14.7. The molecular weight excluding hydrogens is 353 g/mol. The maximum Gasteiger partial charge on any atom is 0.418 e. The maximum atomic E-state index is 12.9. The quantitative estimate of drug-likeness (QED) is 0.463. The first-order valence-corrected chi connectivity index (χ1v) is 6.16. The molecule has 0 unspecified atom stereocenters. The molecule has 0 spiro atoms. The van der Waals surface area contributed by atoms with Crippen molar-refractivity contribution in [2.75, 3.05) is 6.61 Å². The van der Waals surface area contributed by atoms with Gasteiger partial charge in [-0.3, -0.25) is 4.79 Å². The van der Waals surface area contributed by atoms with E-state index >= 15 is 0 Å². The van der Waals surface area contributed by atoms with Gasteiger partial charge in [-0.15, -0.1) is 0 Å². The van der Waals surface area contributed by atoms with Crippen LogP contribution in [0.3, 0.4) is 0 Å². The molecule has 0 saturated carbocycles. The SMILES string of the molecule is CCOC(=O)Cc1c(Br)ncc(C(F)(F)F)c1C(F)F. The van der Waals surface area contributed by atoms with Crippen LogP contribution in [0.1, 0.15) is 30.0 Å². The van der Waals surface area contributed by atoms with E-state index in [9.17, 15) is 26.7 Å². The number of halogens is 6. The summed E-state index contributed by atoms with van der Waals surface area (Å²) in [6, 6.07) is 0. The van der Waals surface area contributed by atoms with Crippen molar-refractivity contribution in [1.82, 2.24) is 4.98 Å². The summed E-state index contributed by atoms with van der Waals surface area (Å²) < 4.78 is 68.3. The Labute approximate surface area is 119 Å². The highest BCUT2D eigenvalue weighted by atomic mass is 79.9. The Hall–Kier alpha value is -1.25. The zero-order chi connectivity index (χ0) is 15.5. The van der Waals surface area contributed by atoms with Crippen molar-refractivity contribution in [3.8, 4) is 0 Å². The number of esters is 1. The van der Waals surface area contributed by atoms with Crippen molar-refractivity contribution >= 4 is 21.9 Å². The molecule has 1 rings (SSSR count). The number of nitrogens with zero attached hydrogens (tertiary/aromatic N) is 1. The Balaban J connectivity index is 3.37. The minimum Gasteiger partial charge on any atom is -0.466 e. The highest BCUT2D eigenvalue weighted by Crippen LogP contribution is 2.39. The third-order valence-electron chi connectivity index (χ3n) is 2.32. The second kappa shape index (κ2) is 6.47. The number of carbonyl (C=O) groups excluding carboxylic acids is 1. The molecule has 9 heteroatoms. The van der Waals surface area contributed by atoms with Crippen LogP contribution in [0.25, 0.3) is 0 Å². The number of carbonyl (C=O) groups is 1. The molecule has 0 aliphatic rings. The summed E-state index contributed by atoms with van der Waals surface area (Å²) in [6.45, 7) is 1.48. The summed E-state index contributed by atoms with van der Waals surface area (Å²) in [5.41, 5.74) is -3.34. The first-order chi connectivity index (χ1) is 9.18. The maximum absolute atomic E-state index is 12.9. The van der Waals surface area contributed by atoms with Gasteiger partial charge >= 0.3 is 12.1 Å². The molecule has 0 aromatic carbocycles. The fourth-order valence-corrected chi connectivity index (χ4v) is 2.00. The van der Waals surface area contributed by atoms with E-state index in [0.717, 1.165) is 0 Å². The molecule has 112 valence electrons. The fraction of sp³-hybridized carbons (Fsp3) is 0.455.